The van der Waals surface area contributed by atoms with Crippen LogP contribution in [0.3, 0.4) is 0 Å². The molecule has 2 amide bonds. The Kier molecular flexibility index (Phi) is 4.36. The lowest BCUT2D eigenvalue weighted by Crippen LogP contribution is -2.20. The number of rotatable bonds is 3. The zero-order chi connectivity index (χ0) is 12.8. The summed E-state index contributed by atoms with van der Waals surface area (Å²) in [7, 11) is 0. The van der Waals surface area contributed by atoms with E-state index in [4.69, 9.17) is 0 Å². The molecule has 0 saturated carbocycles. The van der Waals surface area contributed by atoms with Crippen LogP contribution >= 0.6 is 15.9 Å². The fraction of sp³-hybridized carbons (Fsp3) is 0.0714. The van der Waals surface area contributed by atoms with Crippen molar-refractivity contribution in [3.05, 3.63) is 60.2 Å². The molecule has 0 radical (unpaired) electrons. The molecule has 18 heavy (non-hydrogen) atoms. The minimum absolute atomic E-state index is 0.241. The third-order valence-electron chi connectivity index (χ3n) is 2.44. The average molecular weight is 305 g/mol. The van der Waals surface area contributed by atoms with Gasteiger partial charge in [-0.25, -0.2) is 4.79 Å². The molecule has 0 aromatic heterocycles. The molecule has 0 bridgehead atoms. The van der Waals surface area contributed by atoms with Crippen molar-refractivity contribution >= 4 is 33.3 Å². The second-order valence-corrected chi connectivity index (χ2v) is 4.30. The Hall–Kier alpha value is -1.81. The van der Waals surface area contributed by atoms with Gasteiger partial charge in [0.15, 0.2) is 0 Å². The van der Waals surface area contributed by atoms with Crippen molar-refractivity contribution in [3.63, 3.8) is 0 Å². The van der Waals surface area contributed by atoms with Crippen LogP contribution in [-0.2, 0) is 5.33 Å². The molecule has 0 aliphatic rings. The Balaban J connectivity index is 2.03. The number of alkyl halides is 1. The first kappa shape index (κ1) is 12.6. The van der Waals surface area contributed by atoms with Crippen molar-refractivity contribution in [1.29, 1.82) is 0 Å². The van der Waals surface area contributed by atoms with Gasteiger partial charge in [-0.3, -0.25) is 0 Å². The fourth-order valence-electron chi connectivity index (χ4n) is 1.56. The highest BCUT2D eigenvalue weighted by molar-refractivity contribution is 9.08. The lowest BCUT2D eigenvalue weighted by Gasteiger charge is -2.10. The number of urea groups is 1. The summed E-state index contributed by atoms with van der Waals surface area (Å²) in [5.74, 6) is 0. The first-order valence-corrected chi connectivity index (χ1v) is 6.68. The predicted molar refractivity (Wildman–Crippen MR) is 78.2 cm³/mol. The van der Waals surface area contributed by atoms with Gasteiger partial charge in [0.05, 0.1) is 0 Å². The summed E-state index contributed by atoms with van der Waals surface area (Å²) in [4.78, 5) is 11.8. The second-order valence-electron chi connectivity index (χ2n) is 3.74. The molecule has 4 heteroatoms. The summed E-state index contributed by atoms with van der Waals surface area (Å²) >= 11 is 3.39. The summed E-state index contributed by atoms with van der Waals surface area (Å²) in [5, 5.41) is 6.31. The number of carbonyl (C=O) groups is 1. The van der Waals surface area contributed by atoms with E-state index < -0.39 is 0 Å². The number of nitrogens with one attached hydrogen (secondary N) is 2. The monoisotopic (exact) mass is 304 g/mol. The van der Waals surface area contributed by atoms with Crippen LogP contribution in [0.1, 0.15) is 5.56 Å². The van der Waals surface area contributed by atoms with Crippen LogP contribution in [0.2, 0.25) is 0 Å². The molecule has 2 N–H and O–H groups in total. The van der Waals surface area contributed by atoms with Crippen LogP contribution in [0.25, 0.3) is 0 Å². The molecule has 2 aromatic carbocycles. The van der Waals surface area contributed by atoms with E-state index in [1.165, 1.54) is 0 Å². The normalized spacial score (nSPS) is 9.83. The fourth-order valence-corrected chi connectivity index (χ4v) is 2.05. The van der Waals surface area contributed by atoms with E-state index in [9.17, 15) is 4.79 Å². The number of amides is 2. The van der Waals surface area contributed by atoms with E-state index in [0.717, 1.165) is 16.9 Å². The minimum atomic E-state index is -0.241. The Morgan fingerprint density at radius 2 is 1.61 bits per heavy atom. The molecular weight excluding hydrogens is 292 g/mol. The Bertz CT molecular complexity index is 528. The lowest BCUT2D eigenvalue weighted by atomic mass is 10.2. The number of benzene rings is 2. The van der Waals surface area contributed by atoms with Gasteiger partial charge in [0, 0.05) is 16.7 Å². The van der Waals surface area contributed by atoms with Gasteiger partial charge in [-0.1, -0.05) is 52.3 Å². The van der Waals surface area contributed by atoms with Crippen LogP contribution in [0, 0.1) is 0 Å². The second kappa shape index (κ2) is 6.21. The Morgan fingerprint density at radius 3 is 2.33 bits per heavy atom. The maximum absolute atomic E-state index is 11.8. The van der Waals surface area contributed by atoms with E-state index in [1.54, 1.807) is 0 Å². The molecule has 0 heterocycles. The average Bonchev–Trinajstić information content (AvgIpc) is 2.40. The molecule has 92 valence electrons. The van der Waals surface area contributed by atoms with E-state index >= 15 is 0 Å². The van der Waals surface area contributed by atoms with Crippen LogP contribution in [-0.4, -0.2) is 6.03 Å². The quantitative estimate of drug-likeness (QED) is 0.819. The highest BCUT2D eigenvalue weighted by atomic mass is 79.9. The SMILES string of the molecule is O=C(Nc1ccccc1)Nc1ccccc1CBr. The lowest BCUT2D eigenvalue weighted by molar-refractivity contribution is 0.262. The first-order valence-electron chi connectivity index (χ1n) is 5.56. The summed E-state index contributed by atoms with van der Waals surface area (Å²) in [6.45, 7) is 0. The summed E-state index contributed by atoms with van der Waals surface area (Å²) in [5.41, 5.74) is 2.62. The molecule has 2 rings (SSSR count). The highest BCUT2D eigenvalue weighted by Gasteiger charge is 2.05. The molecule has 3 nitrogen and oxygen atoms in total. The number of carbonyl (C=O) groups excluding carboxylic acids is 1. The maximum Gasteiger partial charge on any atom is 0.323 e. The van der Waals surface area contributed by atoms with Crippen molar-refractivity contribution in [2.75, 3.05) is 10.6 Å². The largest absolute Gasteiger partial charge is 0.323 e. The third kappa shape index (κ3) is 3.34. The van der Waals surface area contributed by atoms with Gasteiger partial charge in [-0.05, 0) is 23.8 Å². The molecule has 0 aliphatic heterocycles. The van der Waals surface area contributed by atoms with Crippen molar-refractivity contribution < 1.29 is 4.79 Å². The molecular formula is C14H13BrN2O. The van der Waals surface area contributed by atoms with E-state index in [1.807, 2.05) is 54.6 Å². The summed E-state index contributed by atoms with van der Waals surface area (Å²) < 4.78 is 0. The third-order valence-corrected chi connectivity index (χ3v) is 3.05. The smallest absolute Gasteiger partial charge is 0.308 e. The molecule has 0 fully saturated rings. The van der Waals surface area contributed by atoms with Crippen LogP contribution in [0.15, 0.2) is 54.6 Å². The molecule has 0 saturated heterocycles. The van der Waals surface area contributed by atoms with E-state index in [-0.39, 0.29) is 6.03 Å². The van der Waals surface area contributed by atoms with Gasteiger partial charge >= 0.3 is 6.03 Å². The van der Waals surface area contributed by atoms with Crippen molar-refractivity contribution in [1.82, 2.24) is 0 Å². The van der Waals surface area contributed by atoms with E-state index in [0.29, 0.717) is 5.33 Å². The van der Waals surface area contributed by atoms with Crippen molar-refractivity contribution in [2.24, 2.45) is 0 Å². The van der Waals surface area contributed by atoms with Gasteiger partial charge in [0.1, 0.15) is 0 Å². The number of hydrogen-bond acceptors (Lipinski definition) is 1. The number of para-hydroxylation sites is 2. The van der Waals surface area contributed by atoms with Crippen LogP contribution in [0.5, 0.6) is 0 Å². The van der Waals surface area contributed by atoms with Crippen molar-refractivity contribution in [2.45, 2.75) is 5.33 Å². The predicted octanol–water partition coefficient (Wildman–Crippen LogP) is 4.23. The number of anilines is 2. The van der Waals surface area contributed by atoms with E-state index in [2.05, 4.69) is 26.6 Å². The minimum Gasteiger partial charge on any atom is -0.308 e. The van der Waals surface area contributed by atoms with Crippen molar-refractivity contribution in [3.8, 4) is 0 Å². The molecule has 0 atom stereocenters. The van der Waals surface area contributed by atoms with Crippen LogP contribution in [0.4, 0.5) is 16.2 Å². The van der Waals surface area contributed by atoms with Crippen LogP contribution < -0.4 is 10.6 Å². The van der Waals surface area contributed by atoms with Gasteiger partial charge < -0.3 is 10.6 Å². The number of halogens is 1. The summed E-state index contributed by atoms with van der Waals surface area (Å²) in [6, 6.07) is 16.8. The van der Waals surface area contributed by atoms with Gasteiger partial charge in [0.25, 0.3) is 0 Å². The molecule has 2 aromatic rings. The highest BCUT2D eigenvalue weighted by Crippen LogP contribution is 2.18. The molecule has 0 unspecified atom stereocenters. The Morgan fingerprint density at radius 1 is 0.944 bits per heavy atom. The topological polar surface area (TPSA) is 41.1 Å². The molecule has 0 spiro atoms. The van der Waals surface area contributed by atoms with Gasteiger partial charge in [-0.2, -0.15) is 0 Å². The molecule has 0 aliphatic carbocycles. The first-order chi connectivity index (χ1) is 8.79. The number of hydrogen-bond donors (Lipinski definition) is 2. The zero-order valence-electron chi connectivity index (χ0n) is 9.69. The maximum atomic E-state index is 11.8. The van der Waals surface area contributed by atoms with Gasteiger partial charge in [0.2, 0.25) is 0 Å². The standard InChI is InChI=1S/C14H13BrN2O/c15-10-11-6-4-5-9-13(11)17-14(18)16-12-7-2-1-3-8-12/h1-9H,10H2,(H2,16,17,18). The van der Waals surface area contributed by atoms with Gasteiger partial charge in [-0.15, -0.1) is 0 Å². The Labute approximate surface area is 114 Å². The summed E-state index contributed by atoms with van der Waals surface area (Å²) in [6.07, 6.45) is 0. The zero-order valence-corrected chi connectivity index (χ0v) is 11.3.